The molecule has 0 unspecified atom stereocenters. The quantitative estimate of drug-likeness (QED) is 0.673. The Balaban J connectivity index is 1.72. The van der Waals surface area contributed by atoms with Crippen LogP contribution >= 0.6 is 0 Å². The third-order valence-electron chi connectivity index (χ3n) is 5.24. The van der Waals surface area contributed by atoms with Gasteiger partial charge in [0.15, 0.2) is 0 Å². The molecule has 1 N–H and O–H groups in total. The lowest BCUT2D eigenvalue weighted by atomic mass is 9.97. The van der Waals surface area contributed by atoms with Crippen LogP contribution in [0.25, 0.3) is 0 Å². The molecule has 1 amide bonds. The van der Waals surface area contributed by atoms with Gasteiger partial charge in [0.1, 0.15) is 21.4 Å². The van der Waals surface area contributed by atoms with Crippen molar-refractivity contribution in [2.75, 3.05) is 32.5 Å². The lowest BCUT2D eigenvalue weighted by molar-refractivity contribution is -0.120. The van der Waals surface area contributed by atoms with Gasteiger partial charge >= 0.3 is 0 Å². The number of halogens is 2. The first-order valence-corrected chi connectivity index (χ1v) is 12.6. The number of rotatable bonds is 6. The first kappa shape index (κ1) is 24.2. The normalized spacial score (nSPS) is 16.3. The van der Waals surface area contributed by atoms with E-state index in [0.29, 0.717) is 6.07 Å². The molecule has 0 aliphatic carbocycles. The van der Waals surface area contributed by atoms with Gasteiger partial charge in [0.2, 0.25) is 26.0 Å². The molecule has 0 spiro atoms. The maximum absolute atomic E-state index is 14.0. The number of nitrogens with one attached hydrogen (secondary N) is 1. The molecule has 12 heteroatoms. The fourth-order valence-corrected chi connectivity index (χ4v) is 5.99. The summed E-state index contributed by atoms with van der Waals surface area (Å²) in [6.45, 7) is -0.123. The summed E-state index contributed by atoms with van der Waals surface area (Å²) in [4.78, 5) is 11.9. The van der Waals surface area contributed by atoms with Gasteiger partial charge in [-0.25, -0.2) is 29.9 Å². The van der Waals surface area contributed by atoms with Gasteiger partial charge in [-0.15, -0.1) is 0 Å². The van der Waals surface area contributed by atoms with Gasteiger partial charge in [0.05, 0.1) is 5.69 Å². The zero-order chi connectivity index (χ0) is 23.7. The summed E-state index contributed by atoms with van der Waals surface area (Å²) in [5, 5.41) is 2.62. The predicted molar refractivity (Wildman–Crippen MR) is 114 cm³/mol. The number of para-hydroxylation sites is 1. The zero-order valence-corrected chi connectivity index (χ0v) is 19.1. The van der Waals surface area contributed by atoms with Gasteiger partial charge in [-0.1, -0.05) is 12.1 Å². The highest BCUT2D eigenvalue weighted by atomic mass is 32.2. The first-order chi connectivity index (χ1) is 14.9. The molecule has 2 aromatic rings. The van der Waals surface area contributed by atoms with Crippen LogP contribution in [-0.4, -0.2) is 58.5 Å². The van der Waals surface area contributed by atoms with Crippen molar-refractivity contribution in [1.82, 2.24) is 8.61 Å². The smallest absolute Gasteiger partial charge is 0.246 e. The van der Waals surface area contributed by atoms with Crippen LogP contribution < -0.4 is 5.32 Å². The van der Waals surface area contributed by atoms with Gasteiger partial charge < -0.3 is 5.32 Å². The van der Waals surface area contributed by atoms with Gasteiger partial charge in [-0.3, -0.25) is 4.79 Å². The maximum Gasteiger partial charge on any atom is 0.246 e. The SMILES string of the molecule is CN(C)S(=O)(=O)c1ccccc1NC(=O)C1CCN(S(=O)(=O)c2cc(F)ccc2F)CC1. The first-order valence-electron chi connectivity index (χ1n) is 9.72. The molecule has 8 nitrogen and oxygen atoms in total. The van der Waals surface area contributed by atoms with E-state index in [1.54, 1.807) is 12.1 Å². The van der Waals surface area contributed by atoms with Crippen molar-refractivity contribution in [3.63, 3.8) is 0 Å². The van der Waals surface area contributed by atoms with E-state index in [0.717, 1.165) is 20.7 Å². The van der Waals surface area contributed by atoms with E-state index in [2.05, 4.69) is 5.32 Å². The molecular weight excluding hydrogens is 464 g/mol. The summed E-state index contributed by atoms with van der Waals surface area (Å²) in [5.41, 5.74) is 0.128. The monoisotopic (exact) mass is 487 g/mol. The molecule has 3 rings (SSSR count). The molecule has 1 heterocycles. The van der Waals surface area contributed by atoms with E-state index >= 15 is 0 Å². The third-order valence-corrected chi connectivity index (χ3v) is 9.03. The van der Waals surface area contributed by atoms with E-state index < -0.39 is 48.4 Å². The summed E-state index contributed by atoms with van der Waals surface area (Å²) in [5.74, 6) is -2.94. The average Bonchev–Trinajstić information content (AvgIpc) is 2.75. The second-order valence-electron chi connectivity index (χ2n) is 7.53. The van der Waals surface area contributed by atoms with Gasteiger partial charge in [0.25, 0.3) is 0 Å². The molecule has 0 aromatic heterocycles. The number of benzene rings is 2. The van der Waals surface area contributed by atoms with Crippen molar-refractivity contribution in [1.29, 1.82) is 0 Å². The number of amides is 1. The molecule has 32 heavy (non-hydrogen) atoms. The number of hydrogen-bond donors (Lipinski definition) is 1. The Morgan fingerprint density at radius 2 is 1.62 bits per heavy atom. The molecule has 1 aliphatic rings. The molecule has 2 aromatic carbocycles. The predicted octanol–water partition coefficient (Wildman–Crippen LogP) is 2.25. The summed E-state index contributed by atoms with van der Waals surface area (Å²) in [6, 6.07) is 8.20. The minimum Gasteiger partial charge on any atom is -0.325 e. The Bertz CT molecular complexity index is 1230. The molecule has 174 valence electrons. The fraction of sp³-hybridized carbons (Fsp3) is 0.350. The molecule has 1 aliphatic heterocycles. The Morgan fingerprint density at radius 1 is 1.00 bits per heavy atom. The number of anilines is 1. The number of carbonyl (C=O) groups is 1. The maximum atomic E-state index is 14.0. The lowest BCUT2D eigenvalue weighted by Crippen LogP contribution is -2.41. The summed E-state index contributed by atoms with van der Waals surface area (Å²) >= 11 is 0. The number of nitrogens with zero attached hydrogens (tertiary/aromatic N) is 2. The number of sulfonamides is 2. The standard InChI is InChI=1S/C20H23F2N3O5S2/c1-24(2)31(27,28)18-6-4-3-5-17(18)23-20(26)14-9-11-25(12-10-14)32(29,30)19-13-15(21)7-8-16(19)22/h3-8,13-14H,9-12H2,1-2H3,(H,23,26). The lowest BCUT2D eigenvalue weighted by Gasteiger charge is -2.30. The van der Waals surface area contributed by atoms with Crippen LogP contribution in [-0.2, 0) is 24.8 Å². The van der Waals surface area contributed by atoms with Crippen molar-refractivity contribution in [3.05, 3.63) is 54.1 Å². The van der Waals surface area contributed by atoms with Crippen molar-refractivity contribution >= 4 is 31.6 Å². The van der Waals surface area contributed by atoms with Crippen LogP contribution in [0.3, 0.4) is 0 Å². The van der Waals surface area contributed by atoms with Crippen molar-refractivity contribution in [2.24, 2.45) is 5.92 Å². The van der Waals surface area contributed by atoms with Gasteiger partial charge in [0, 0.05) is 33.1 Å². The highest BCUT2D eigenvalue weighted by Crippen LogP contribution is 2.28. The van der Waals surface area contributed by atoms with Crippen LogP contribution in [0.15, 0.2) is 52.3 Å². The highest BCUT2D eigenvalue weighted by molar-refractivity contribution is 7.89. The van der Waals surface area contributed by atoms with E-state index in [-0.39, 0.29) is 36.5 Å². The summed E-state index contributed by atoms with van der Waals surface area (Å²) in [7, 11) is -5.28. The minimum absolute atomic E-state index is 0.0556. The molecule has 0 saturated carbocycles. The van der Waals surface area contributed by atoms with Crippen molar-refractivity contribution in [3.8, 4) is 0 Å². The Kier molecular flexibility index (Phi) is 6.98. The van der Waals surface area contributed by atoms with E-state index in [9.17, 15) is 30.4 Å². The van der Waals surface area contributed by atoms with Gasteiger partial charge in [-0.2, -0.15) is 4.31 Å². The Hall–Kier alpha value is -2.41. The molecule has 1 fully saturated rings. The summed E-state index contributed by atoms with van der Waals surface area (Å²) in [6.07, 6.45) is 0.287. The van der Waals surface area contributed by atoms with Crippen LogP contribution in [0.4, 0.5) is 14.5 Å². The summed E-state index contributed by atoms with van der Waals surface area (Å²) < 4.78 is 79.8. The molecule has 1 saturated heterocycles. The van der Waals surface area contributed by atoms with E-state index in [4.69, 9.17) is 0 Å². The molecular formula is C20H23F2N3O5S2. The van der Waals surface area contributed by atoms with Crippen LogP contribution in [0.1, 0.15) is 12.8 Å². The zero-order valence-electron chi connectivity index (χ0n) is 17.5. The topological polar surface area (TPSA) is 104 Å². The van der Waals surface area contributed by atoms with Gasteiger partial charge in [-0.05, 0) is 43.2 Å². The second kappa shape index (κ2) is 9.22. The van der Waals surface area contributed by atoms with Crippen molar-refractivity contribution in [2.45, 2.75) is 22.6 Å². The van der Waals surface area contributed by atoms with Crippen LogP contribution in [0, 0.1) is 17.6 Å². The average molecular weight is 488 g/mol. The third kappa shape index (κ3) is 4.82. The van der Waals surface area contributed by atoms with E-state index in [1.165, 1.54) is 26.2 Å². The second-order valence-corrected chi connectivity index (χ2v) is 11.6. The molecule has 0 atom stereocenters. The number of carbonyl (C=O) groups excluding carboxylic acids is 1. The fourth-order valence-electron chi connectivity index (χ4n) is 3.40. The van der Waals surface area contributed by atoms with E-state index in [1.807, 2.05) is 0 Å². The number of hydrogen-bond acceptors (Lipinski definition) is 5. The Labute approximate surface area is 185 Å². The van der Waals surface area contributed by atoms with Crippen LogP contribution in [0.5, 0.6) is 0 Å². The molecule has 0 radical (unpaired) electrons. The molecule has 0 bridgehead atoms. The Morgan fingerprint density at radius 3 is 2.25 bits per heavy atom. The minimum atomic E-state index is -4.26. The van der Waals surface area contributed by atoms with Crippen LogP contribution in [0.2, 0.25) is 0 Å². The number of piperidine rings is 1. The highest BCUT2D eigenvalue weighted by Gasteiger charge is 2.34. The largest absolute Gasteiger partial charge is 0.325 e. The van der Waals surface area contributed by atoms with Crippen molar-refractivity contribution < 1.29 is 30.4 Å².